The molecule has 0 spiro atoms. The van der Waals surface area contributed by atoms with Gasteiger partial charge in [0.25, 0.3) is 0 Å². The van der Waals surface area contributed by atoms with Crippen molar-refractivity contribution in [3.05, 3.63) is 35.9 Å². The lowest BCUT2D eigenvalue weighted by atomic mass is 9.89. The highest BCUT2D eigenvalue weighted by atomic mass is 16.5. The van der Waals surface area contributed by atoms with Gasteiger partial charge in [0.15, 0.2) is 0 Å². The van der Waals surface area contributed by atoms with Crippen LogP contribution in [0.25, 0.3) is 0 Å². The molecular formula is C14H17NO3. The van der Waals surface area contributed by atoms with Gasteiger partial charge in [0, 0.05) is 13.5 Å². The molecular weight excluding hydrogens is 230 g/mol. The second-order valence-corrected chi connectivity index (χ2v) is 4.61. The summed E-state index contributed by atoms with van der Waals surface area (Å²) < 4.78 is 5.00. The van der Waals surface area contributed by atoms with Crippen molar-refractivity contribution in [1.29, 1.82) is 0 Å². The summed E-state index contributed by atoms with van der Waals surface area (Å²) in [6, 6.07) is 9.81. The molecule has 1 heterocycles. The van der Waals surface area contributed by atoms with Crippen LogP contribution in [0.5, 0.6) is 0 Å². The lowest BCUT2D eigenvalue weighted by Gasteiger charge is -2.45. The summed E-state index contributed by atoms with van der Waals surface area (Å²) in [7, 11) is 0. The van der Waals surface area contributed by atoms with Gasteiger partial charge in [-0.3, -0.25) is 9.59 Å². The average molecular weight is 247 g/mol. The van der Waals surface area contributed by atoms with Crippen molar-refractivity contribution in [2.75, 3.05) is 6.61 Å². The molecule has 1 saturated heterocycles. The molecule has 4 nitrogen and oxygen atoms in total. The molecule has 2 rings (SSSR count). The van der Waals surface area contributed by atoms with Crippen molar-refractivity contribution < 1.29 is 14.3 Å². The van der Waals surface area contributed by atoms with Crippen LogP contribution in [0.1, 0.15) is 19.4 Å². The molecule has 0 radical (unpaired) electrons. The van der Waals surface area contributed by atoms with Gasteiger partial charge in [-0.1, -0.05) is 37.3 Å². The number of likely N-dealkylation sites (tertiary alicyclic amines) is 1. The summed E-state index contributed by atoms with van der Waals surface area (Å²) in [6.07, 6.45) is 0. The van der Waals surface area contributed by atoms with Crippen molar-refractivity contribution in [2.24, 2.45) is 5.92 Å². The summed E-state index contributed by atoms with van der Waals surface area (Å²) in [5.41, 5.74) is 1.09. The summed E-state index contributed by atoms with van der Waals surface area (Å²) in [6.45, 7) is 4.12. The number of β-lactam (4-membered cyclic amide) rings is 1. The Morgan fingerprint density at radius 3 is 2.61 bits per heavy atom. The van der Waals surface area contributed by atoms with E-state index in [1.165, 1.54) is 6.92 Å². The average Bonchev–Trinajstić information content (AvgIpc) is 2.38. The molecule has 0 aliphatic carbocycles. The normalized spacial score (nSPS) is 22.6. The number of benzene rings is 1. The fourth-order valence-electron chi connectivity index (χ4n) is 2.19. The van der Waals surface area contributed by atoms with E-state index < -0.39 is 0 Å². The predicted octanol–water partition coefficient (Wildman–Crippen LogP) is 1.60. The van der Waals surface area contributed by atoms with E-state index in [1.807, 2.05) is 37.3 Å². The first-order valence-corrected chi connectivity index (χ1v) is 6.07. The number of hydrogen-bond acceptors (Lipinski definition) is 3. The van der Waals surface area contributed by atoms with Crippen LogP contribution in [0.15, 0.2) is 30.3 Å². The Bertz CT molecular complexity index is 444. The predicted molar refractivity (Wildman–Crippen MR) is 66.6 cm³/mol. The second-order valence-electron chi connectivity index (χ2n) is 4.61. The molecule has 0 aromatic heterocycles. The SMILES string of the molecule is CC(=O)OC[C@H]1[C@H](C)C(=O)N1Cc1ccccc1. The van der Waals surface area contributed by atoms with E-state index in [1.54, 1.807) is 4.90 Å². The highest BCUT2D eigenvalue weighted by Crippen LogP contribution is 2.28. The number of esters is 1. The summed E-state index contributed by atoms with van der Waals surface area (Å²) in [4.78, 5) is 24.4. The quantitative estimate of drug-likeness (QED) is 0.599. The Balaban J connectivity index is 1.98. The van der Waals surface area contributed by atoms with E-state index in [-0.39, 0.29) is 30.4 Å². The Labute approximate surface area is 107 Å². The van der Waals surface area contributed by atoms with Crippen LogP contribution < -0.4 is 0 Å². The van der Waals surface area contributed by atoms with Crippen molar-refractivity contribution in [3.63, 3.8) is 0 Å². The molecule has 0 unspecified atom stereocenters. The van der Waals surface area contributed by atoms with Crippen LogP contribution in [0, 0.1) is 5.92 Å². The maximum Gasteiger partial charge on any atom is 0.302 e. The number of carbonyl (C=O) groups is 2. The van der Waals surface area contributed by atoms with Crippen LogP contribution in [0.3, 0.4) is 0 Å². The summed E-state index contributed by atoms with van der Waals surface area (Å²) in [5.74, 6) is -0.245. The van der Waals surface area contributed by atoms with E-state index >= 15 is 0 Å². The van der Waals surface area contributed by atoms with Gasteiger partial charge in [-0.2, -0.15) is 0 Å². The van der Waals surface area contributed by atoms with Crippen molar-refractivity contribution in [1.82, 2.24) is 4.90 Å². The molecule has 1 aromatic carbocycles. The van der Waals surface area contributed by atoms with E-state index in [0.717, 1.165) is 5.56 Å². The fourth-order valence-corrected chi connectivity index (χ4v) is 2.19. The molecule has 18 heavy (non-hydrogen) atoms. The molecule has 0 saturated carbocycles. The zero-order valence-corrected chi connectivity index (χ0v) is 10.6. The standard InChI is InChI=1S/C14H17NO3/c1-10-13(9-18-11(2)16)15(14(10)17)8-12-6-4-3-5-7-12/h3-7,10,13H,8-9H2,1-2H3/t10-,13-/m0/s1. The smallest absolute Gasteiger partial charge is 0.302 e. The van der Waals surface area contributed by atoms with Gasteiger partial charge in [0.1, 0.15) is 6.61 Å². The monoisotopic (exact) mass is 247 g/mol. The van der Waals surface area contributed by atoms with Crippen molar-refractivity contribution in [3.8, 4) is 0 Å². The first-order valence-electron chi connectivity index (χ1n) is 6.07. The Hall–Kier alpha value is -1.84. The van der Waals surface area contributed by atoms with Crippen LogP contribution >= 0.6 is 0 Å². The maximum atomic E-state index is 11.8. The number of amides is 1. The lowest BCUT2D eigenvalue weighted by molar-refractivity contribution is -0.165. The largest absolute Gasteiger partial charge is 0.464 e. The van der Waals surface area contributed by atoms with E-state index in [4.69, 9.17) is 4.74 Å². The molecule has 1 aromatic rings. The first-order chi connectivity index (χ1) is 8.59. The summed E-state index contributed by atoms with van der Waals surface area (Å²) in [5, 5.41) is 0. The van der Waals surface area contributed by atoms with E-state index in [2.05, 4.69) is 0 Å². The number of hydrogen-bond donors (Lipinski definition) is 0. The Morgan fingerprint density at radius 1 is 1.33 bits per heavy atom. The minimum atomic E-state index is -0.304. The van der Waals surface area contributed by atoms with E-state index in [0.29, 0.717) is 6.54 Å². The maximum absolute atomic E-state index is 11.8. The zero-order valence-electron chi connectivity index (χ0n) is 10.6. The molecule has 2 atom stereocenters. The molecule has 96 valence electrons. The van der Waals surface area contributed by atoms with Gasteiger partial charge < -0.3 is 9.64 Å². The topological polar surface area (TPSA) is 46.6 Å². The molecule has 1 amide bonds. The number of nitrogens with zero attached hydrogens (tertiary/aromatic N) is 1. The lowest BCUT2D eigenvalue weighted by Crippen LogP contribution is -2.61. The van der Waals surface area contributed by atoms with Gasteiger partial charge in [-0.15, -0.1) is 0 Å². The summed E-state index contributed by atoms with van der Waals surface area (Å²) >= 11 is 0. The molecule has 1 aliphatic rings. The van der Waals surface area contributed by atoms with Crippen LogP contribution in [-0.4, -0.2) is 29.4 Å². The third-order valence-corrected chi connectivity index (χ3v) is 3.30. The minimum absolute atomic E-state index is 0.00149. The van der Waals surface area contributed by atoms with Crippen LogP contribution in [0.4, 0.5) is 0 Å². The van der Waals surface area contributed by atoms with E-state index in [9.17, 15) is 9.59 Å². The molecule has 1 aliphatic heterocycles. The second kappa shape index (κ2) is 5.21. The molecule has 0 bridgehead atoms. The number of rotatable bonds is 4. The van der Waals surface area contributed by atoms with Crippen LogP contribution in [-0.2, 0) is 20.9 Å². The van der Waals surface area contributed by atoms with Gasteiger partial charge in [-0.25, -0.2) is 0 Å². The zero-order chi connectivity index (χ0) is 13.1. The third-order valence-electron chi connectivity index (χ3n) is 3.30. The van der Waals surface area contributed by atoms with Gasteiger partial charge in [-0.05, 0) is 5.56 Å². The highest BCUT2D eigenvalue weighted by molar-refractivity contribution is 5.85. The number of ether oxygens (including phenoxy) is 1. The van der Waals surface area contributed by atoms with Crippen LogP contribution in [0.2, 0.25) is 0 Å². The van der Waals surface area contributed by atoms with Gasteiger partial charge >= 0.3 is 5.97 Å². The first kappa shape index (κ1) is 12.6. The number of carbonyl (C=O) groups excluding carboxylic acids is 2. The van der Waals surface area contributed by atoms with Crippen molar-refractivity contribution in [2.45, 2.75) is 26.4 Å². The molecule has 1 fully saturated rings. The Morgan fingerprint density at radius 2 is 2.00 bits per heavy atom. The molecule has 4 heteroatoms. The Kier molecular flexibility index (Phi) is 3.65. The molecule has 0 N–H and O–H groups in total. The van der Waals surface area contributed by atoms with Gasteiger partial charge in [0.2, 0.25) is 5.91 Å². The fraction of sp³-hybridized carbons (Fsp3) is 0.429. The van der Waals surface area contributed by atoms with Gasteiger partial charge in [0.05, 0.1) is 12.0 Å². The highest BCUT2D eigenvalue weighted by Gasteiger charge is 2.44. The minimum Gasteiger partial charge on any atom is -0.464 e. The van der Waals surface area contributed by atoms with Crippen molar-refractivity contribution >= 4 is 11.9 Å². The third kappa shape index (κ3) is 2.53.